The Hall–Kier alpha value is -2.14. The number of aliphatic hydroxyl groups is 1. The summed E-state index contributed by atoms with van der Waals surface area (Å²) < 4.78 is 5.82. The second-order valence-corrected chi connectivity index (χ2v) is 7.38. The van der Waals surface area contributed by atoms with Gasteiger partial charge in [0.2, 0.25) is 0 Å². The molecule has 28 heavy (non-hydrogen) atoms. The summed E-state index contributed by atoms with van der Waals surface area (Å²) in [6.07, 6.45) is 3.65. The Labute approximate surface area is 169 Å². The molecule has 4 nitrogen and oxygen atoms in total. The molecule has 0 unspecified atom stereocenters. The van der Waals surface area contributed by atoms with Crippen LogP contribution >= 0.6 is 0 Å². The van der Waals surface area contributed by atoms with Crippen molar-refractivity contribution in [2.24, 2.45) is 0 Å². The number of hydrogen-bond acceptors (Lipinski definition) is 4. The van der Waals surface area contributed by atoms with E-state index >= 15 is 0 Å². The van der Waals surface area contributed by atoms with E-state index in [1.54, 1.807) is 6.08 Å². The number of piperazine rings is 1. The van der Waals surface area contributed by atoms with Crippen LogP contribution in [0.2, 0.25) is 0 Å². The monoisotopic (exact) mass is 380 g/mol. The molecular weight excluding hydrogens is 348 g/mol. The van der Waals surface area contributed by atoms with E-state index in [1.807, 2.05) is 12.1 Å². The molecule has 0 aromatic heterocycles. The smallest absolute Gasteiger partial charge is 0.124 e. The van der Waals surface area contributed by atoms with E-state index < -0.39 is 0 Å². The molecule has 4 heteroatoms. The number of benzene rings is 2. The Morgan fingerprint density at radius 2 is 1.86 bits per heavy atom. The van der Waals surface area contributed by atoms with E-state index in [9.17, 15) is 5.11 Å². The minimum Gasteiger partial charge on any atom is -0.489 e. The number of rotatable bonds is 10. The third kappa shape index (κ3) is 5.93. The van der Waals surface area contributed by atoms with Gasteiger partial charge in [-0.3, -0.25) is 9.80 Å². The third-order valence-corrected chi connectivity index (χ3v) is 5.40. The Kier molecular flexibility index (Phi) is 8.09. The first-order valence-corrected chi connectivity index (χ1v) is 10.2. The normalized spacial score (nSPS) is 18.1. The van der Waals surface area contributed by atoms with E-state index in [0.717, 1.165) is 51.3 Å². The van der Waals surface area contributed by atoms with E-state index in [4.69, 9.17) is 4.74 Å². The predicted octanol–water partition coefficient (Wildman–Crippen LogP) is 3.36. The maximum Gasteiger partial charge on any atom is 0.124 e. The van der Waals surface area contributed by atoms with Gasteiger partial charge >= 0.3 is 0 Å². The molecule has 1 aliphatic rings. The maximum absolute atomic E-state index is 9.56. The number of aliphatic hydroxyl groups excluding tert-OH is 1. The number of para-hydroxylation sites is 1. The molecule has 150 valence electrons. The van der Waals surface area contributed by atoms with Crippen LogP contribution in [0.5, 0.6) is 5.75 Å². The molecule has 0 amide bonds. The second-order valence-electron chi connectivity index (χ2n) is 7.38. The highest BCUT2D eigenvalue weighted by Gasteiger charge is 2.26. The molecule has 0 spiro atoms. The maximum atomic E-state index is 9.56. The second kappa shape index (κ2) is 11.0. The van der Waals surface area contributed by atoms with Gasteiger partial charge in [0.15, 0.2) is 0 Å². The molecule has 2 aromatic carbocycles. The molecule has 1 N–H and O–H groups in total. The van der Waals surface area contributed by atoms with Gasteiger partial charge in [0.05, 0.1) is 0 Å². The molecule has 0 aliphatic carbocycles. The van der Waals surface area contributed by atoms with E-state index in [-0.39, 0.29) is 6.61 Å². The summed E-state index contributed by atoms with van der Waals surface area (Å²) in [5.41, 5.74) is 2.59. The molecule has 3 rings (SSSR count). The van der Waals surface area contributed by atoms with Crippen LogP contribution in [0.15, 0.2) is 67.3 Å². The van der Waals surface area contributed by atoms with Crippen molar-refractivity contribution in [3.63, 3.8) is 0 Å². The van der Waals surface area contributed by atoms with Gasteiger partial charge in [-0.25, -0.2) is 0 Å². The van der Waals surface area contributed by atoms with E-state index in [0.29, 0.717) is 12.6 Å². The lowest BCUT2D eigenvalue weighted by Crippen LogP contribution is -2.53. The first-order chi connectivity index (χ1) is 13.8. The van der Waals surface area contributed by atoms with Gasteiger partial charge in [-0.1, -0.05) is 61.2 Å². The summed E-state index contributed by atoms with van der Waals surface area (Å²) in [4.78, 5) is 5.02. The Morgan fingerprint density at radius 3 is 2.64 bits per heavy atom. The number of ether oxygens (including phenoxy) is 1. The third-order valence-electron chi connectivity index (χ3n) is 5.40. The highest BCUT2D eigenvalue weighted by Crippen LogP contribution is 2.22. The molecule has 1 atom stereocenters. The first kappa shape index (κ1) is 20.6. The number of nitrogens with zero attached hydrogens (tertiary/aromatic N) is 2. The van der Waals surface area contributed by atoms with Crippen LogP contribution < -0.4 is 4.74 Å². The van der Waals surface area contributed by atoms with Crippen molar-refractivity contribution in [2.75, 3.05) is 39.4 Å². The Morgan fingerprint density at radius 1 is 1.07 bits per heavy atom. The molecule has 1 fully saturated rings. The quantitative estimate of drug-likeness (QED) is 0.641. The summed E-state index contributed by atoms with van der Waals surface area (Å²) >= 11 is 0. The molecule has 0 saturated carbocycles. The van der Waals surface area contributed by atoms with Crippen molar-refractivity contribution in [3.05, 3.63) is 78.4 Å². The fourth-order valence-electron chi connectivity index (χ4n) is 3.90. The SMILES string of the molecule is C=CCOc1ccccc1CN1CCN(CCc2ccccc2)[C@@H](CCO)C1. The summed E-state index contributed by atoms with van der Waals surface area (Å²) in [5, 5.41) is 9.56. The minimum absolute atomic E-state index is 0.235. The summed E-state index contributed by atoms with van der Waals surface area (Å²) in [6.45, 7) is 9.46. The minimum atomic E-state index is 0.235. The average Bonchev–Trinajstić information content (AvgIpc) is 2.73. The van der Waals surface area contributed by atoms with Crippen LogP contribution in [0.1, 0.15) is 17.5 Å². The summed E-state index contributed by atoms with van der Waals surface area (Å²) in [5.74, 6) is 0.938. The number of hydrogen-bond donors (Lipinski definition) is 1. The van der Waals surface area contributed by atoms with E-state index in [2.05, 4.69) is 58.8 Å². The van der Waals surface area contributed by atoms with Crippen LogP contribution in [0.3, 0.4) is 0 Å². The fourth-order valence-corrected chi connectivity index (χ4v) is 3.90. The van der Waals surface area contributed by atoms with Crippen LogP contribution in [0, 0.1) is 0 Å². The van der Waals surface area contributed by atoms with Crippen LogP contribution in [-0.2, 0) is 13.0 Å². The van der Waals surface area contributed by atoms with Crippen molar-refractivity contribution in [1.82, 2.24) is 9.80 Å². The van der Waals surface area contributed by atoms with Crippen LogP contribution in [0.4, 0.5) is 0 Å². The zero-order valence-electron chi connectivity index (χ0n) is 16.7. The fraction of sp³-hybridized carbons (Fsp3) is 0.417. The lowest BCUT2D eigenvalue weighted by Gasteiger charge is -2.41. The summed E-state index contributed by atoms with van der Waals surface area (Å²) in [7, 11) is 0. The first-order valence-electron chi connectivity index (χ1n) is 10.2. The lowest BCUT2D eigenvalue weighted by atomic mass is 10.1. The Balaban J connectivity index is 1.58. The van der Waals surface area contributed by atoms with Crippen molar-refractivity contribution in [1.29, 1.82) is 0 Å². The van der Waals surface area contributed by atoms with Gasteiger partial charge in [-0.05, 0) is 24.5 Å². The van der Waals surface area contributed by atoms with Gasteiger partial charge in [0.1, 0.15) is 12.4 Å². The molecular formula is C24H32N2O2. The molecule has 0 bridgehead atoms. The topological polar surface area (TPSA) is 35.9 Å². The van der Waals surface area contributed by atoms with Gasteiger partial charge in [0, 0.05) is 50.9 Å². The zero-order valence-corrected chi connectivity index (χ0v) is 16.7. The van der Waals surface area contributed by atoms with Crippen molar-refractivity contribution in [3.8, 4) is 5.75 Å². The van der Waals surface area contributed by atoms with Crippen molar-refractivity contribution >= 4 is 0 Å². The van der Waals surface area contributed by atoms with Gasteiger partial charge in [-0.2, -0.15) is 0 Å². The van der Waals surface area contributed by atoms with Crippen LogP contribution in [-0.4, -0.2) is 60.3 Å². The molecule has 2 aromatic rings. The average molecular weight is 381 g/mol. The molecule has 1 heterocycles. The molecule has 1 saturated heterocycles. The molecule has 1 aliphatic heterocycles. The van der Waals surface area contributed by atoms with Crippen molar-refractivity contribution in [2.45, 2.75) is 25.4 Å². The largest absolute Gasteiger partial charge is 0.489 e. The molecule has 0 radical (unpaired) electrons. The van der Waals surface area contributed by atoms with Gasteiger partial charge < -0.3 is 9.84 Å². The van der Waals surface area contributed by atoms with Crippen molar-refractivity contribution < 1.29 is 9.84 Å². The van der Waals surface area contributed by atoms with Gasteiger partial charge in [0.25, 0.3) is 0 Å². The predicted molar refractivity (Wildman–Crippen MR) is 115 cm³/mol. The van der Waals surface area contributed by atoms with Gasteiger partial charge in [-0.15, -0.1) is 0 Å². The van der Waals surface area contributed by atoms with Crippen LogP contribution in [0.25, 0.3) is 0 Å². The zero-order chi connectivity index (χ0) is 19.6. The van der Waals surface area contributed by atoms with E-state index in [1.165, 1.54) is 11.1 Å². The highest BCUT2D eigenvalue weighted by molar-refractivity contribution is 5.33. The highest BCUT2D eigenvalue weighted by atomic mass is 16.5. The Bertz CT molecular complexity index is 720. The standard InChI is InChI=1S/C24H32N2O2/c1-2-18-28-24-11-7-6-10-22(24)19-25-15-16-26(23(20-25)13-17-27)14-12-21-8-4-3-5-9-21/h2-11,23,27H,1,12-20H2/t23-/m0/s1. The summed E-state index contributed by atoms with van der Waals surface area (Å²) in [6, 6.07) is 19.3. The lowest BCUT2D eigenvalue weighted by molar-refractivity contribution is 0.0558.